The van der Waals surface area contributed by atoms with Crippen LogP contribution >= 0.6 is 0 Å². The van der Waals surface area contributed by atoms with Crippen molar-refractivity contribution in [2.24, 2.45) is 5.92 Å². The molecule has 2 fully saturated rings. The fraction of sp³-hybridized carbons (Fsp3) is 1.00. The number of aliphatic hydroxyl groups is 1. The molecule has 2 aliphatic rings. The van der Waals surface area contributed by atoms with Crippen molar-refractivity contribution in [1.29, 1.82) is 0 Å². The molecule has 0 amide bonds. The van der Waals surface area contributed by atoms with Gasteiger partial charge in [0.2, 0.25) is 0 Å². The third kappa shape index (κ3) is 4.57. The standard InChI is InChI=1S/C14H28N2O/c17-14(13-7-3-4-8-15-11-13)12-16-9-5-1-2-6-10-16/h13-15,17H,1-12H2. The van der Waals surface area contributed by atoms with Crippen LogP contribution in [0.1, 0.15) is 44.9 Å². The van der Waals surface area contributed by atoms with Crippen LogP contribution in [0.2, 0.25) is 0 Å². The molecular formula is C14H28N2O. The van der Waals surface area contributed by atoms with Gasteiger partial charge in [-0.15, -0.1) is 0 Å². The molecule has 0 bridgehead atoms. The number of aliphatic hydroxyl groups excluding tert-OH is 1. The Hall–Kier alpha value is -0.120. The third-order valence-electron chi connectivity index (χ3n) is 4.27. The lowest BCUT2D eigenvalue weighted by Crippen LogP contribution is -2.40. The van der Waals surface area contributed by atoms with E-state index in [0.717, 1.165) is 19.6 Å². The maximum absolute atomic E-state index is 10.4. The number of nitrogens with one attached hydrogen (secondary N) is 1. The number of hydrogen-bond acceptors (Lipinski definition) is 3. The maximum Gasteiger partial charge on any atom is 0.0707 e. The SMILES string of the molecule is OC(CN1CCCCCC1)C1CCCCNC1. The van der Waals surface area contributed by atoms with Crippen molar-refractivity contribution in [3.63, 3.8) is 0 Å². The molecule has 2 atom stereocenters. The van der Waals surface area contributed by atoms with E-state index in [1.807, 2.05) is 0 Å². The topological polar surface area (TPSA) is 35.5 Å². The number of hydrogen-bond donors (Lipinski definition) is 2. The zero-order chi connectivity index (χ0) is 11.9. The molecule has 2 rings (SSSR count). The van der Waals surface area contributed by atoms with Crippen LogP contribution in [-0.4, -0.2) is 48.8 Å². The highest BCUT2D eigenvalue weighted by molar-refractivity contribution is 4.78. The molecule has 0 aromatic heterocycles. The molecular weight excluding hydrogens is 212 g/mol. The summed E-state index contributed by atoms with van der Waals surface area (Å²) in [4.78, 5) is 2.47. The van der Waals surface area contributed by atoms with E-state index in [4.69, 9.17) is 0 Å². The van der Waals surface area contributed by atoms with Gasteiger partial charge in [-0.2, -0.15) is 0 Å². The van der Waals surface area contributed by atoms with Gasteiger partial charge in [0.15, 0.2) is 0 Å². The normalized spacial score (nSPS) is 30.5. The second-order valence-electron chi connectivity index (χ2n) is 5.74. The largest absolute Gasteiger partial charge is 0.391 e. The van der Waals surface area contributed by atoms with Gasteiger partial charge >= 0.3 is 0 Å². The van der Waals surface area contributed by atoms with Crippen LogP contribution in [-0.2, 0) is 0 Å². The first-order chi connectivity index (χ1) is 8.36. The van der Waals surface area contributed by atoms with Crippen LogP contribution in [0.5, 0.6) is 0 Å². The molecule has 0 saturated carbocycles. The van der Waals surface area contributed by atoms with Gasteiger partial charge in [0.1, 0.15) is 0 Å². The molecule has 2 unspecified atom stereocenters. The zero-order valence-corrected chi connectivity index (χ0v) is 11.0. The molecule has 100 valence electrons. The minimum Gasteiger partial charge on any atom is -0.391 e. The molecule has 0 radical (unpaired) electrons. The molecule has 2 aliphatic heterocycles. The van der Waals surface area contributed by atoms with Crippen molar-refractivity contribution in [3.05, 3.63) is 0 Å². The zero-order valence-electron chi connectivity index (χ0n) is 11.0. The average molecular weight is 240 g/mol. The summed E-state index contributed by atoms with van der Waals surface area (Å²) in [6.07, 6.45) is 8.99. The van der Waals surface area contributed by atoms with Gasteiger partial charge in [-0.1, -0.05) is 19.3 Å². The van der Waals surface area contributed by atoms with Crippen LogP contribution in [0.4, 0.5) is 0 Å². The first-order valence-electron chi connectivity index (χ1n) is 7.47. The van der Waals surface area contributed by atoms with Gasteiger partial charge in [-0.25, -0.2) is 0 Å². The van der Waals surface area contributed by atoms with Gasteiger partial charge < -0.3 is 15.3 Å². The van der Waals surface area contributed by atoms with E-state index in [0.29, 0.717) is 5.92 Å². The van der Waals surface area contributed by atoms with Crippen molar-refractivity contribution in [1.82, 2.24) is 10.2 Å². The lowest BCUT2D eigenvalue weighted by molar-refractivity contribution is 0.0625. The fourth-order valence-corrected chi connectivity index (χ4v) is 3.11. The van der Waals surface area contributed by atoms with Gasteiger partial charge in [0, 0.05) is 13.1 Å². The number of likely N-dealkylation sites (tertiary alicyclic amines) is 1. The lowest BCUT2D eigenvalue weighted by atomic mass is 9.96. The predicted molar refractivity (Wildman–Crippen MR) is 71.1 cm³/mol. The summed E-state index contributed by atoms with van der Waals surface area (Å²) in [6, 6.07) is 0. The predicted octanol–water partition coefficient (Wildman–Crippen LogP) is 1.61. The Morgan fingerprint density at radius 3 is 2.59 bits per heavy atom. The first-order valence-corrected chi connectivity index (χ1v) is 7.47. The number of β-amino-alcohol motifs (C(OH)–C–C–N with tert-alkyl or cyclic N) is 1. The summed E-state index contributed by atoms with van der Waals surface area (Å²) in [5, 5.41) is 13.8. The molecule has 2 saturated heterocycles. The maximum atomic E-state index is 10.4. The van der Waals surface area contributed by atoms with Crippen LogP contribution in [0.25, 0.3) is 0 Å². The summed E-state index contributed by atoms with van der Waals surface area (Å²) in [5.74, 6) is 0.473. The van der Waals surface area contributed by atoms with E-state index in [1.165, 1.54) is 58.0 Å². The summed E-state index contributed by atoms with van der Waals surface area (Å²) in [6.45, 7) is 5.42. The minimum absolute atomic E-state index is 0.126. The van der Waals surface area contributed by atoms with Gasteiger partial charge in [-0.05, 0) is 51.2 Å². The van der Waals surface area contributed by atoms with Crippen molar-refractivity contribution >= 4 is 0 Å². The second kappa shape index (κ2) is 7.34. The number of rotatable bonds is 3. The number of nitrogens with zero attached hydrogens (tertiary/aromatic N) is 1. The monoisotopic (exact) mass is 240 g/mol. The lowest BCUT2D eigenvalue weighted by Gasteiger charge is -2.28. The van der Waals surface area contributed by atoms with Crippen molar-refractivity contribution in [2.75, 3.05) is 32.7 Å². The van der Waals surface area contributed by atoms with Crippen molar-refractivity contribution in [3.8, 4) is 0 Å². The molecule has 2 N–H and O–H groups in total. The van der Waals surface area contributed by atoms with Gasteiger partial charge in [0.05, 0.1) is 6.10 Å². The van der Waals surface area contributed by atoms with E-state index in [9.17, 15) is 5.11 Å². The molecule has 0 spiro atoms. The van der Waals surface area contributed by atoms with Gasteiger partial charge in [-0.3, -0.25) is 0 Å². The third-order valence-corrected chi connectivity index (χ3v) is 4.27. The average Bonchev–Trinajstić information content (AvgIpc) is 2.72. The van der Waals surface area contributed by atoms with E-state index in [2.05, 4.69) is 10.2 Å². The van der Waals surface area contributed by atoms with Crippen LogP contribution in [0, 0.1) is 5.92 Å². The minimum atomic E-state index is -0.126. The fourth-order valence-electron chi connectivity index (χ4n) is 3.11. The summed E-state index contributed by atoms with van der Waals surface area (Å²) in [7, 11) is 0. The highest BCUT2D eigenvalue weighted by atomic mass is 16.3. The Morgan fingerprint density at radius 2 is 1.82 bits per heavy atom. The van der Waals surface area contributed by atoms with E-state index in [-0.39, 0.29) is 6.10 Å². The molecule has 0 aliphatic carbocycles. The highest BCUT2D eigenvalue weighted by Gasteiger charge is 2.23. The van der Waals surface area contributed by atoms with E-state index < -0.39 is 0 Å². The van der Waals surface area contributed by atoms with E-state index in [1.54, 1.807) is 0 Å². The Kier molecular flexibility index (Phi) is 5.75. The first kappa shape index (κ1) is 13.3. The van der Waals surface area contributed by atoms with Crippen LogP contribution < -0.4 is 5.32 Å². The Balaban J connectivity index is 1.75. The molecule has 3 nitrogen and oxygen atoms in total. The smallest absolute Gasteiger partial charge is 0.0707 e. The van der Waals surface area contributed by atoms with Gasteiger partial charge in [0.25, 0.3) is 0 Å². The Morgan fingerprint density at radius 1 is 1.06 bits per heavy atom. The van der Waals surface area contributed by atoms with Crippen LogP contribution in [0.15, 0.2) is 0 Å². The molecule has 3 heteroatoms. The Bertz CT molecular complexity index is 194. The summed E-state index contributed by atoms with van der Waals surface area (Å²) >= 11 is 0. The molecule has 0 aromatic carbocycles. The second-order valence-corrected chi connectivity index (χ2v) is 5.74. The van der Waals surface area contributed by atoms with Crippen molar-refractivity contribution < 1.29 is 5.11 Å². The summed E-state index contributed by atoms with van der Waals surface area (Å²) in [5.41, 5.74) is 0. The molecule has 2 heterocycles. The summed E-state index contributed by atoms with van der Waals surface area (Å²) < 4.78 is 0. The quantitative estimate of drug-likeness (QED) is 0.787. The van der Waals surface area contributed by atoms with Crippen molar-refractivity contribution in [2.45, 2.75) is 51.0 Å². The molecule has 0 aromatic rings. The molecule has 17 heavy (non-hydrogen) atoms. The Labute approximate surface area is 106 Å². The van der Waals surface area contributed by atoms with Crippen LogP contribution in [0.3, 0.4) is 0 Å². The highest BCUT2D eigenvalue weighted by Crippen LogP contribution is 2.17. The van der Waals surface area contributed by atoms with E-state index >= 15 is 0 Å².